The Morgan fingerprint density at radius 3 is 2.58 bits per heavy atom. The molecule has 1 heterocycles. The van der Waals surface area contributed by atoms with E-state index in [4.69, 9.17) is 9.47 Å². The van der Waals surface area contributed by atoms with Crippen LogP contribution in [0.1, 0.15) is 20.3 Å². The zero-order valence-electron chi connectivity index (χ0n) is 6.83. The molecule has 1 fully saturated rings. The maximum Gasteiger partial charge on any atom is 0.338 e. The van der Waals surface area contributed by atoms with Gasteiger partial charge in [-0.15, -0.1) is 0 Å². The van der Waals surface area contributed by atoms with Gasteiger partial charge in [-0.1, -0.05) is 0 Å². The van der Waals surface area contributed by atoms with E-state index in [1.807, 2.05) is 0 Å². The molecule has 0 aromatic rings. The number of hydrogen-bond donors (Lipinski definition) is 0. The highest BCUT2D eigenvalue weighted by Gasteiger charge is 2.40. The molecule has 0 unspecified atom stereocenters. The summed E-state index contributed by atoms with van der Waals surface area (Å²) in [6.07, 6.45) is -1.48. The molecule has 0 radical (unpaired) electrons. The first-order chi connectivity index (χ1) is 5.41. The van der Waals surface area contributed by atoms with Crippen molar-refractivity contribution in [3.05, 3.63) is 0 Å². The van der Waals surface area contributed by atoms with Crippen LogP contribution in [0.15, 0.2) is 0 Å². The van der Waals surface area contributed by atoms with E-state index in [1.54, 1.807) is 13.8 Å². The van der Waals surface area contributed by atoms with Crippen molar-refractivity contribution in [1.82, 2.24) is 0 Å². The van der Waals surface area contributed by atoms with Gasteiger partial charge >= 0.3 is 5.97 Å². The van der Waals surface area contributed by atoms with Gasteiger partial charge in [-0.25, -0.2) is 4.79 Å². The second kappa shape index (κ2) is 2.75. The van der Waals surface area contributed by atoms with Crippen molar-refractivity contribution < 1.29 is 24.2 Å². The maximum atomic E-state index is 10.9. The third kappa shape index (κ3) is 1.94. The van der Waals surface area contributed by atoms with Crippen molar-refractivity contribution in [3.63, 3.8) is 0 Å². The van der Waals surface area contributed by atoms with Crippen molar-refractivity contribution in [2.24, 2.45) is 0 Å². The van der Waals surface area contributed by atoms with Gasteiger partial charge < -0.3 is 19.4 Å². The minimum Gasteiger partial charge on any atom is -0.550 e. The average molecular weight is 173 g/mol. The summed E-state index contributed by atoms with van der Waals surface area (Å²) in [5, 5.41) is 10.1. The van der Waals surface area contributed by atoms with Gasteiger partial charge in [0.2, 0.25) is 5.79 Å². The van der Waals surface area contributed by atoms with E-state index in [0.717, 1.165) is 0 Å². The van der Waals surface area contributed by atoms with Gasteiger partial charge in [0.15, 0.2) is 6.10 Å². The molecular weight excluding hydrogens is 164 g/mol. The number of carbonyl (C=O) groups is 2. The minimum atomic E-state index is -1.32. The second-order valence-corrected chi connectivity index (χ2v) is 3.00. The molecule has 0 aromatic heterocycles. The first kappa shape index (κ1) is 8.99. The summed E-state index contributed by atoms with van der Waals surface area (Å²) in [7, 11) is 0. The number of aliphatic carboxylic acids is 1. The SMILES string of the molecule is CC1(C)OC(=O)[C@H](CC(=O)[O-])O1. The number of ether oxygens (including phenoxy) is 2. The predicted molar refractivity (Wildman–Crippen MR) is 34.7 cm³/mol. The largest absolute Gasteiger partial charge is 0.550 e. The van der Waals surface area contributed by atoms with Crippen molar-refractivity contribution in [1.29, 1.82) is 0 Å². The summed E-state index contributed by atoms with van der Waals surface area (Å²) in [6.45, 7) is 3.08. The van der Waals surface area contributed by atoms with Crippen LogP contribution >= 0.6 is 0 Å². The van der Waals surface area contributed by atoms with Crippen LogP contribution in [0.5, 0.6) is 0 Å². The summed E-state index contributed by atoms with van der Waals surface area (Å²) in [5.74, 6) is -2.99. The van der Waals surface area contributed by atoms with Crippen LogP contribution in [0.3, 0.4) is 0 Å². The standard InChI is InChI=1S/C7H10O5/c1-7(2)11-4(3-5(8)9)6(10)12-7/h4H,3H2,1-2H3,(H,8,9)/p-1/t4-/m0/s1. The van der Waals surface area contributed by atoms with Gasteiger partial charge in [-0.3, -0.25) is 0 Å². The Labute approximate surface area is 69.3 Å². The lowest BCUT2D eigenvalue weighted by molar-refractivity contribution is -0.307. The van der Waals surface area contributed by atoms with E-state index in [-0.39, 0.29) is 0 Å². The fourth-order valence-electron chi connectivity index (χ4n) is 0.999. The normalized spacial score (nSPS) is 26.8. The molecule has 0 aromatic carbocycles. The molecule has 1 atom stereocenters. The molecule has 0 saturated carbocycles. The molecule has 0 spiro atoms. The molecule has 1 aliphatic rings. The number of esters is 1. The number of carboxylic acid groups (broad SMARTS) is 1. The zero-order valence-corrected chi connectivity index (χ0v) is 6.83. The van der Waals surface area contributed by atoms with Crippen molar-refractivity contribution >= 4 is 11.9 Å². The predicted octanol–water partition coefficient (Wildman–Crippen LogP) is -1.20. The van der Waals surface area contributed by atoms with Crippen LogP contribution in [0.25, 0.3) is 0 Å². The molecule has 0 amide bonds. The van der Waals surface area contributed by atoms with Gasteiger partial charge in [0.25, 0.3) is 0 Å². The lowest BCUT2D eigenvalue weighted by Crippen LogP contribution is -2.31. The van der Waals surface area contributed by atoms with Crippen LogP contribution in [0.4, 0.5) is 0 Å². The second-order valence-electron chi connectivity index (χ2n) is 3.00. The van der Waals surface area contributed by atoms with Crippen molar-refractivity contribution in [2.75, 3.05) is 0 Å². The van der Waals surface area contributed by atoms with Crippen LogP contribution < -0.4 is 5.11 Å². The van der Waals surface area contributed by atoms with Gasteiger partial charge in [0, 0.05) is 26.2 Å². The average Bonchev–Trinajstić information content (AvgIpc) is 2.03. The fraction of sp³-hybridized carbons (Fsp3) is 0.714. The maximum absolute atomic E-state index is 10.9. The lowest BCUT2D eigenvalue weighted by atomic mass is 10.2. The molecule has 5 heteroatoms. The lowest BCUT2D eigenvalue weighted by Gasteiger charge is -2.15. The Bertz CT molecular complexity index is 220. The van der Waals surface area contributed by atoms with Crippen molar-refractivity contribution in [3.8, 4) is 0 Å². The van der Waals surface area contributed by atoms with Gasteiger partial charge in [-0.2, -0.15) is 0 Å². The molecular formula is C7H9O5-. The summed E-state index contributed by atoms with van der Waals surface area (Å²) in [6, 6.07) is 0. The number of cyclic esters (lactones) is 1. The Morgan fingerprint density at radius 2 is 2.25 bits per heavy atom. The van der Waals surface area contributed by atoms with E-state index in [0.29, 0.717) is 0 Å². The summed E-state index contributed by atoms with van der Waals surface area (Å²) in [5.41, 5.74) is 0. The first-order valence-electron chi connectivity index (χ1n) is 3.51. The molecule has 1 saturated heterocycles. The minimum absolute atomic E-state index is 0.456. The van der Waals surface area contributed by atoms with Gasteiger partial charge in [0.05, 0.1) is 0 Å². The Hall–Kier alpha value is -1.10. The number of rotatable bonds is 2. The molecule has 5 nitrogen and oxygen atoms in total. The molecule has 0 aliphatic carbocycles. The summed E-state index contributed by atoms with van der Waals surface area (Å²) in [4.78, 5) is 21.0. The fourth-order valence-corrected chi connectivity index (χ4v) is 0.999. The van der Waals surface area contributed by atoms with Gasteiger partial charge in [0.1, 0.15) is 0 Å². The molecule has 68 valence electrons. The molecule has 1 rings (SSSR count). The quantitative estimate of drug-likeness (QED) is 0.490. The van der Waals surface area contributed by atoms with Crippen LogP contribution in [0, 0.1) is 0 Å². The molecule has 0 N–H and O–H groups in total. The summed E-state index contributed by atoms with van der Waals surface area (Å²) < 4.78 is 9.69. The van der Waals surface area contributed by atoms with Crippen molar-refractivity contribution in [2.45, 2.75) is 32.2 Å². The highest BCUT2D eigenvalue weighted by atomic mass is 16.8. The van der Waals surface area contributed by atoms with E-state index < -0.39 is 30.3 Å². The van der Waals surface area contributed by atoms with E-state index >= 15 is 0 Å². The molecule has 0 bridgehead atoms. The third-order valence-electron chi connectivity index (χ3n) is 1.39. The summed E-state index contributed by atoms with van der Waals surface area (Å²) >= 11 is 0. The smallest absolute Gasteiger partial charge is 0.338 e. The number of carbonyl (C=O) groups excluding carboxylic acids is 2. The van der Waals surface area contributed by atoms with Crippen LogP contribution in [0.2, 0.25) is 0 Å². The highest BCUT2D eigenvalue weighted by Crippen LogP contribution is 2.24. The Morgan fingerprint density at radius 1 is 1.67 bits per heavy atom. The zero-order chi connectivity index (χ0) is 9.35. The first-order valence-corrected chi connectivity index (χ1v) is 3.51. The molecule has 12 heavy (non-hydrogen) atoms. The topological polar surface area (TPSA) is 75.7 Å². The molecule has 1 aliphatic heterocycles. The van der Waals surface area contributed by atoms with E-state index in [1.165, 1.54) is 0 Å². The third-order valence-corrected chi connectivity index (χ3v) is 1.39. The number of hydrogen-bond acceptors (Lipinski definition) is 5. The van der Waals surface area contributed by atoms with E-state index in [9.17, 15) is 14.7 Å². The van der Waals surface area contributed by atoms with Crippen LogP contribution in [-0.4, -0.2) is 23.8 Å². The monoisotopic (exact) mass is 173 g/mol. The Balaban J connectivity index is 2.58. The highest BCUT2D eigenvalue weighted by molar-refractivity contribution is 5.81. The van der Waals surface area contributed by atoms with Gasteiger partial charge in [-0.05, 0) is 0 Å². The van der Waals surface area contributed by atoms with E-state index in [2.05, 4.69) is 0 Å². The van der Waals surface area contributed by atoms with Crippen LogP contribution in [-0.2, 0) is 19.1 Å². The Kier molecular flexibility index (Phi) is 2.06. The number of carboxylic acids is 1.